The van der Waals surface area contributed by atoms with Crippen LogP contribution in [-0.4, -0.2) is 59.7 Å². The third kappa shape index (κ3) is 10.1. The van der Waals surface area contributed by atoms with Gasteiger partial charge < -0.3 is 28.8 Å². The summed E-state index contributed by atoms with van der Waals surface area (Å²) in [5.41, 5.74) is 4.73. The van der Waals surface area contributed by atoms with Crippen molar-refractivity contribution in [3.63, 3.8) is 0 Å². The minimum absolute atomic E-state index is 0.0604. The predicted molar refractivity (Wildman–Crippen MR) is 194 cm³/mol. The minimum atomic E-state index is -0.834. The van der Waals surface area contributed by atoms with Gasteiger partial charge in [-0.05, 0) is 27.8 Å². The molecule has 1 heterocycles. The summed E-state index contributed by atoms with van der Waals surface area (Å²) in [6.07, 6.45) is -2.81. The average molecular weight is 688 g/mol. The van der Waals surface area contributed by atoms with Crippen LogP contribution in [0.4, 0.5) is 4.79 Å². The number of likely N-dealkylation sites (tertiary alicyclic amines) is 1. The van der Waals surface area contributed by atoms with E-state index >= 15 is 0 Å². The van der Waals surface area contributed by atoms with Crippen LogP contribution in [0.5, 0.6) is 0 Å². The summed E-state index contributed by atoms with van der Waals surface area (Å²) in [7, 11) is 0. The van der Waals surface area contributed by atoms with Gasteiger partial charge in [0.05, 0.1) is 51.7 Å². The van der Waals surface area contributed by atoms with Crippen molar-refractivity contribution in [3.8, 4) is 0 Å². The molecule has 1 N–H and O–H groups in total. The number of rotatable bonds is 16. The first-order valence-corrected chi connectivity index (χ1v) is 17.4. The number of carbonyl (C=O) groups excluding carboxylic acids is 1. The summed E-state index contributed by atoms with van der Waals surface area (Å²) < 4.78 is 32.5. The van der Waals surface area contributed by atoms with E-state index in [1.54, 1.807) is 4.90 Å². The number of hydrogen-bond acceptors (Lipinski definition) is 7. The lowest BCUT2D eigenvalue weighted by molar-refractivity contribution is -0.226. The van der Waals surface area contributed by atoms with Crippen LogP contribution in [-0.2, 0) is 56.7 Å². The predicted octanol–water partition coefficient (Wildman–Crippen LogP) is 7.34. The average Bonchev–Trinajstić information content (AvgIpc) is 3.19. The lowest BCUT2D eigenvalue weighted by Gasteiger charge is -2.51. The Kier molecular flexibility index (Phi) is 13.4. The van der Waals surface area contributed by atoms with Gasteiger partial charge in [-0.15, -0.1) is 0 Å². The van der Waals surface area contributed by atoms with Crippen molar-refractivity contribution < 1.29 is 33.6 Å². The molecular formula is C43H45NO7. The summed E-state index contributed by atoms with van der Waals surface area (Å²) in [5, 5.41) is 11.1. The van der Waals surface area contributed by atoms with E-state index in [1.807, 2.05) is 152 Å². The maximum absolute atomic E-state index is 14.3. The van der Waals surface area contributed by atoms with Crippen molar-refractivity contribution in [2.45, 2.75) is 63.4 Å². The molecular weight excluding hydrogens is 642 g/mol. The summed E-state index contributed by atoms with van der Waals surface area (Å²) in [6, 6.07) is 47.4. The van der Waals surface area contributed by atoms with Gasteiger partial charge in [-0.3, -0.25) is 4.90 Å². The number of piperidine rings is 1. The van der Waals surface area contributed by atoms with Crippen molar-refractivity contribution in [2.24, 2.45) is 0 Å². The second kappa shape index (κ2) is 19.0. The van der Waals surface area contributed by atoms with Crippen LogP contribution in [0.25, 0.3) is 0 Å². The fourth-order valence-corrected chi connectivity index (χ4v) is 6.39. The van der Waals surface area contributed by atoms with E-state index in [-0.39, 0.29) is 33.0 Å². The van der Waals surface area contributed by atoms with Crippen LogP contribution >= 0.6 is 0 Å². The smallest absolute Gasteiger partial charge is 0.410 e. The first-order valence-electron chi connectivity index (χ1n) is 17.4. The fourth-order valence-electron chi connectivity index (χ4n) is 6.39. The molecule has 0 radical (unpaired) electrons. The van der Waals surface area contributed by atoms with Crippen LogP contribution in [0.1, 0.15) is 27.8 Å². The van der Waals surface area contributed by atoms with Gasteiger partial charge in [-0.1, -0.05) is 152 Å². The van der Waals surface area contributed by atoms with Gasteiger partial charge in [0.2, 0.25) is 0 Å². The van der Waals surface area contributed by atoms with Gasteiger partial charge in [-0.25, -0.2) is 4.79 Å². The molecule has 51 heavy (non-hydrogen) atoms. The highest BCUT2D eigenvalue weighted by Crippen LogP contribution is 2.34. The number of benzene rings is 5. The molecule has 8 nitrogen and oxygen atoms in total. The van der Waals surface area contributed by atoms with Gasteiger partial charge in [0.1, 0.15) is 24.9 Å². The van der Waals surface area contributed by atoms with Crippen LogP contribution in [0.15, 0.2) is 152 Å². The highest BCUT2D eigenvalue weighted by atomic mass is 16.6. The van der Waals surface area contributed by atoms with E-state index in [1.165, 1.54) is 0 Å². The summed E-state index contributed by atoms with van der Waals surface area (Å²) in [6.45, 7) is 0.853. The molecule has 1 amide bonds. The van der Waals surface area contributed by atoms with Crippen LogP contribution in [0.2, 0.25) is 0 Å². The van der Waals surface area contributed by atoms with Crippen molar-refractivity contribution in [2.75, 3.05) is 13.2 Å². The summed E-state index contributed by atoms with van der Waals surface area (Å²) in [4.78, 5) is 15.9. The summed E-state index contributed by atoms with van der Waals surface area (Å²) >= 11 is 0. The molecule has 0 aromatic heterocycles. The van der Waals surface area contributed by atoms with Crippen LogP contribution in [0, 0.1) is 0 Å². The molecule has 1 saturated heterocycles. The highest BCUT2D eigenvalue weighted by Gasteiger charge is 2.53. The van der Waals surface area contributed by atoms with Gasteiger partial charge in [0.25, 0.3) is 0 Å². The fraction of sp³-hybridized carbons (Fsp3) is 0.279. The molecule has 264 valence electrons. The molecule has 5 aromatic rings. The number of amides is 1. The van der Waals surface area contributed by atoms with Crippen molar-refractivity contribution in [1.82, 2.24) is 4.90 Å². The SMILES string of the molecule is O=C(OCc1ccccc1)N1[C@@H](CO)[C@H](OCc2ccccc2)[C@@H](OCc2ccccc2)[C@@H](OCc2ccccc2)[C@@H]1COCc1ccccc1. The molecule has 0 saturated carbocycles. The third-order valence-corrected chi connectivity index (χ3v) is 8.98. The number of carbonyl (C=O) groups is 1. The number of hydrogen-bond donors (Lipinski definition) is 1. The Balaban J connectivity index is 1.36. The zero-order valence-corrected chi connectivity index (χ0v) is 28.6. The largest absolute Gasteiger partial charge is 0.445 e. The molecule has 0 bridgehead atoms. The molecule has 6 rings (SSSR count). The van der Waals surface area contributed by atoms with E-state index in [0.717, 1.165) is 27.8 Å². The first-order chi connectivity index (χ1) is 25.2. The Morgan fingerprint density at radius 1 is 0.471 bits per heavy atom. The zero-order chi connectivity index (χ0) is 35.1. The Morgan fingerprint density at radius 3 is 1.24 bits per heavy atom. The third-order valence-electron chi connectivity index (χ3n) is 8.98. The lowest BCUT2D eigenvalue weighted by Crippen LogP contribution is -2.71. The number of nitrogens with zero attached hydrogens (tertiary/aromatic N) is 1. The molecule has 5 aromatic carbocycles. The molecule has 0 spiro atoms. The number of ether oxygens (including phenoxy) is 5. The second-order valence-electron chi connectivity index (χ2n) is 12.5. The number of aliphatic hydroxyl groups excluding tert-OH is 1. The molecule has 1 fully saturated rings. The first kappa shape index (κ1) is 36.0. The van der Waals surface area contributed by atoms with E-state index in [4.69, 9.17) is 23.7 Å². The van der Waals surface area contributed by atoms with E-state index < -0.39 is 43.1 Å². The Morgan fingerprint density at radius 2 is 0.824 bits per heavy atom. The van der Waals surface area contributed by atoms with E-state index in [2.05, 4.69) is 0 Å². The van der Waals surface area contributed by atoms with Gasteiger partial charge in [0, 0.05) is 0 Å². The Hall–Kier alpha value is -4.83. The maximum Gasteiger partial charge on any atom is 0.410 e. The molecule has 0 unspecified atom stereocenters. The topological polar surface area (TPSA) is 86.7 Å². The number of aliphatic hydroxyl groups is 1. The van der Waals surface area contributed by atoms with Gasteiger partial charge >= 0.3 is 6.09 Å². The molecule has 8 heteroatoms. The van der Waals surface area contributed by atoms with Crippen LogP contribution in [0.3, 0.4) is 0 Å². The van der Waals surface area contributed by atoms with E-state index in [9.17, 15) is 9.90 Å². The normalized spacial score (nSPS) is 20.2. The molecule has 1 aliphatic heterocycles. The zero-order valence-electron chi connectivity index (χ0n) is 28.6. The van der Waals surface area contributed by atoms with Crippen LogP contribution < -0.4 is 0 Å². The maximum atomic E-state index is 14.3. The molecule has 5 atom stereocenters. The molecule has 0 aliphatic carbocycles. The molecule has 1 aliphatic rings. The Labute approximate surface area is 300 Å². The lowest BCUT2D eigenvalue weighted by atomic mass is 9.87. The highest BCUT2D eigenvalue weighted by molar-refractivity contribution is 5.69. The quantitative estimate of drug-likeness (QED) is 0.116. The minimum Gasteiger partial charge on any atom is -0.445 e. The van der Waals surface area contributed by atoms with Crippen molar-refractivity contribution >= 4 is 6.09 Å². The monoisotopic (exact) mass is 687 g/mol. The van der Waals surface area contributed by atoms with E-state index in [0.29, 0.717) is 6.61 Å². The summed E-state index contributed by atoms with van der Waals surface area (Å²) in [5.74, 6) is 0. The van der Waals surface area contributed by atoms with Gasteiger partial charge in [-0.2, -0.15) is 0 Å². The Bertz CT molecular complexity index is 1710. The van der Waals surface area contributed by atoms with Gasteiger partial charge in [0.15, 0.2) is 0 Å². The standard InChI is InChI=1S/C43H45NO7/c45-26-38-40(48-28-34-18-8-2-9-19-34)42(50-30-36-22-12-4-13-23-36)41(49-29-35-20-10-3-11-21-35)39(32-47-27-33-16-6-1-7-17-33)44(38)43(46)51-31-37-24-14-5-15-25-37/h1-25,38-42,45H,26-32H2/t38-,39-,40-,41-,42+/m0/s1. The second-order valence-corrected chi connectivity index (χ2v) is 12.5. The van der Waals surface area contributed by atoms with Crippen molar-refractivity contribution in [3.05, 3.63) is 179 Å². The van der Waals surface area contributed by atoms with Crippen molar-refractivity contribution in [1.29, 1.82) is 0 Å².